The first-order chi connectivity index (χ1) is 11.7. The first-order valence-corrected chi connectivity index (χ1v) is 6.71. The van der Waals surface area contributed by atoms with E-state index >= 15 is 0 Å². The molecule has 0 saturated carbocycles. The molecule has 0 aromatic heterocycles. The van der Waals surface area contributed by atoms with Gasteiger partial charge >= 0.3 is 24.6 Å². The smallest absolute Gasteiger partial charge is 0.450 e. The Labute approximate surface area is 141 Å². The van der Waals surface area contributed by atoms with Crippen molar-refractivity contribution in [1.82, 2.24) is 0 Å². The molecule has 1 atom stereocenters. The van der Waals surface area contributed by atoms with Crippen LogP contribution in [0.15, 0.2) is 0 Å². The molecule has 0 aromatic carbocycles. The molecule has 2 N–H and O–H groups in total. The number of carbonyl (C=O) groups excluding carboxylic acids is 2. The molecule has 0 amide bonds. The van der Waals surface area contributed by atoms with Gasteiger partial charge in [-0.25, -0.2) is 19.2 Å². The standard InChI is InChI=1S/C5H10O3.C4H6O6.C3H3FO3/c1-3-7-5(6)8-4-2;5-3(6)9-1-2-10-4(7)8;4-2-1-6-3(5)7-2/h3-4H2,1-2H3;1-2H2,(H,5,6)(H,7,8);2H,1H2. The van der Waals surface area contributed by atoms with Gasteiger partial charge in [0.2, 0.25) is 0 Å². The summed E-state index contributed by atoms with van der Waals surface area (Å²) in [7, 11) is 0. The Hall–Kier alpha value is -2.99. The number of rotatable bonds is 5. The highest BCUT2D eigenvalue weighted by atomic mass is 19.1. The van der Waals surface area contributed by atoms with Crippen molar-refractivity contribution in [3.05, 3.63) is 0 Å². The third kappa shape index (κ3) is 21.0. The molecule has 1 saturated heterocycles. The third-order valence-corrected chi connectivity index (χ3v) is 1.62. The highest BCUT2D eigenvalue weighted by molar-refractivity contribution is 5.61. The second-order valence-electron chi connectivity index (χ2n) is 3.43. The van der Waals surface area contributed by atoms with E-state index in [0.29, 0.717) is 13.2 Å². The number of ether oxygens (including phenoxy) is 6. The molecule has 1 aliphatic heterocycles. The van der Waals surface area contributed by atoms with Crippen LogP contribution in [-0.4, -0.2) is 74.2 Å². The maximum atomic E-state index is 11.6. The average molecular weight is 374 g/mol. The minimum atomic E-state index is -1.55. The van der Waals surface area contributed by atoms with Gasteiger partial charge in [-0.2, -0.15) is 4.39 Å². The van der Waals surface area contributed by atoms with E-state index in [4.69, 9.17) is 10.2 Å². The number of alkyl halides is 1. The topological polar surface area (TPSA) is 164 Å². The number of carbonyl (C=O) groups is 4. The Kier molecular flexibility index (Phi) is 15.4. The summed E-state index contributed by atoms with van der Waals surface area (Å²) in [4.78, 5) is 39.2. The van der Waals surface area contributed by atoms with E-state index in [1.807, 2.05) is 0 Å². The summed E-state index contributed by atoms with van der Waals surface area (Å²) in [6.45, 7) is 3.40. The van der Waals surface area contributed by atoms with Crippen LogP contribution in [0.2, 0.25) is 0 Å². The van der Waals surface area contributed by atoms with Gasteiger partial charge in [-0.05, 0) is 13.8 Å². The zero-order valence-corrected chi connectivity index (χ0v) is 13.5. The van der Waals surface area contributed by atoms with Crippen molar-refractivity contribution in [2.75, 3.05) is 33.0 Å². The largest absolute Gasteiger partial charge is 0.511 e. The van der Waals surface area contributed by atoms with E-state index in [1.54, 1.807) is 13.8 Å². The SMILES string of the molecule is CCOC(=O)OCC.O=C(O)OCCOC(=O)O.O=C1OCC(F)O1. The number of hydrogen-bond donors (Lipinski definition) is 2. The van der Waals surface area contributed by atoms with Crippen molar-refractivity contribution in [2.24, 2.45) is 0 Å². The molecule has 1 rings (SSSR count). The first kappa shape index (κ1) is 24.3. The van der Waals surface area contributed by atoms with Gasteiger partial charge in [-0.1, -0.05) is 0 Å². The summed E-state index contributed by atoms with van der Waals surface area (Å²) < 4.78 is 36.2. The summed E-state index contributed by atoms with van der Waals surface area (Å²) in [5, 5.41) is 15.7. The van der Waals surface area contributed by atoms with Crippen molar-refractivity contribution < 1.29 is 62.2 Å². The van der Waals surface area contributed by atoms with Crippen LogP contribution in [0.1, 0.15) is 13.8 Å². The number of halogens is 1. The molecule has 0 radical (unpaired) electrons. The molecule has 1 unspecified atom stereocenters. The molecule has 0 bridgehead atoms. The second kappa shape index (κ2) is 15.9. The Morgan fingerprint density at radius 3 is 1.68 bits per heavy atom. The van der Waals surface area contributed by atoms with Gasteiger partial charge in [0, 0.05) is 0 Å². The van der Waals surface area contributed by atoms with E-state index in [1.165, 1.54) is 0 Å². The molecule has 13 heteroatoms. The highest BCUT2D eigenvalue weighted by Gasteiger charge is 2.23. The summed E-state index contributed by atoms with van der Waals surface area (Å²) in [5.74, 6) is 0. The Balaban J connectivity index is 0. The minimum Gasteiger partial charge on any atom is -0.450 e. The predicted molar refractivity (Wildman–Crippen MR) is 73.9 cm³/mol. The van der Waals surface area contributed by atoms with Gasteiger partial charge in [0.15, 0.2) is 6.61 Å². The average Bonchev–Trinajstić information content (AvgIpc) is 2.88. The van der Waals surface area contributed by atoms with Gasteiger partial charge in [-0.3, -0.25) is 0 Å². The maximum Gasteiger partial charge on any atom is 0.511 e. The predicted octanol–water partition coefficient (Wildman–Crippen LogP) is 2.00. The van der Waals surface area contributed by atoms with Gasteiger partial charge in [0.25, 0.3) is 6.36 Å². The minimum absolute atomic E-state index is 0.265. The highest BCUT2D eigenvalue weighted by Crippen LogP contribution is 2.05. The molecule has 0 aliphatic carbocycles. The summed E-state index contributed by atoms with van der Waals surface area (Å²) in [5.41, 5.74) is 0. The van der Waals surface area contributed by atoms with Crippen LogP contribution in [0.4, 0.5) is 23.6 Å². The van der Waals surface area contributed by atoms with Crippen molar-refractivity contribution in [3.63, 3.8) is 0 Å². The monoisotopic (exact) mass is 374 g/mol. The summed E-state index contributed by atoms with van der Waals surface area (Å²) in [6, 6.07) is 0. The number of hydrogen-bond acceptors (Lipinski definition) is 10. The zero-order chi connectivity index (χ0) is 19.7. The molecular weight excluding hydrogens is 355 g/mol. The lowest BCUT2D eigenvalue weighted by atomic mass is 10.8. The van der Waals surface area contributed by atoms with Gasteiger partial charge in [0.1, 0.15) is 13.2 Å². The lowest BCUT2D eigenvalue weighted by molar-refractivity contribution is 0.0472. The molecule has 0 spiro atoms. The van der Waals surface area contributed by atoms with E-state index in [9.17, 15) is 23.6 Å². The van der Waals surface area contributed by atoms with Crippen LogP contribution in [0.3, 0.4) is 0 Å². The number of carboxylic acid groups (broad SMARTS) is 2. The molecular formula is C12H19FO12. The molecule has 25 heavy (non-hydrogen) atoms. The van der Waals surface area contributed by atoms with Crippen LogP contribution in [0, 0.1) is 0 Å². The van der Waals surface area contributed by atoms with Gasteiger partial charge in [0.05, 0.1) is 13.2 Å². The lowest BCUT2D eigenvalue weighted by Gasteiger charge is -1.98. The molecule has 146 valence electrons. The summed E-state index contributed by atoms with van der Waals surface area (Å²) >= 11 is 0. The summed E-state index contributed by atoms with van der Waals surface area (Å²) in [6.07, 6.45) is -5.96. The first-order valence-electron chi connectivity index (χ1n) is 6.71. The molecule has 0 aromatic rings. The Bertz CT molecular complexity index is 389. The molecule has 1 aliphatic rings. The molecule has 1 fully saturated rings. The Morgan fingerprint density at radius 1 is 1.04 bits per heavy atom. The fourth-order valence-electron chi connectivity index (χ4n) is 0.841. The number of cyclic esters (lactones) is 2. The second-order valence-corrected chi connectivity index (χ2v) is 3.43. The fraction of sp³-hybridized carbons (Fsp3) is 0.667. The van der Waals surface area contributed by atoms with E-state index < -0.39 is 31.0 Å². The molecule has 12 nitrogen and oxygen atoms in total. The van der Waals surface area contributed by atoms with E-state index in [-0.39, 0.29) is 19.8 Å². The van der Waals surface area contributed by atoms with E-state index in [2.05, 4.69) is 28.4 Å². The quantitative estimate of drug-likeness (QED) is 0.409. The van der Waals surface area contributed by atoms with Crippen LogP contribution < -0.4 is 0 Å². The van der Waals surface area contributed by atoms with Crippen LogP contribution in [-0.2, 0) is 28.4 Å². The van der Waals surface area contributed by atoms with Crippen molar-refractivity contribution in [1.29, 1.82) is 0 Å². The van der Waals surface area contributed by atoms with Crippen molar-refractivity contribution >= 4 is 24.6 Å². The van der Waals surface area contributed by atoms with Gasteiger partial charge < -0.3 is 38.6 Å². The van der Waals surface area contributed by atoms with E-state index in [0.717, 1.165) is 0 Å². The van der Waals surface area contributed by atoms with Gasteiger partial charge in [-0.15, -0.1) is 0 Å². The third-order valence-electron chi connectivity index (χ3n) is 1.62. The fourth-order valence-corrected chi connectivity index (χ4v) is 0.841. The lowest BCUT2D eigenvalue weighted by Crippen LogP contribution is -2.10. The van der Waals surface area contributed by atoms with Crippen LogP contribution in [0.25, 0.3) is 0 Å². The zero-order valence-electron chi connectivity index (χ0n) is 13.5. The van der Waals surface area contributed by atoms with Crippen LogP contribution in [0.5, 0.6) is 0 Å². The Morgan fingerprint density at radius 2 is 1.48 bits per heavy atom. The molecule has 1 heterocycles. The van der Waals surface area contributed by atoms with Crippen LogP contribution >= 0.6 is 0 Å². The maximum absolute atomic E-state index is 11.6. The van der Waals surface area contributed by atoms with Crippen molar-refractivity contribution in [2.45, 2.75) is 20.2 Å². The normalized spacial score (nSPS) is 14.2. The van der Waals surface area contributed by atoms with Crippen molar-refractivity contribution in [3.8, 4) is 0 Å².